The first kappa shape index (κ1) is 15.7. The lowest BCUT2D eigenvalue weighted by molar-refractivity contribution is -0.119. The van der Waals surface area contributed by atoms with E-state index >= 15 is 0 Å². The molecular formula is C15H21F2N3O. The van der Waals surface area contributed by atoms with Crippen molar-refractivity contribution < 1.29 is 13.6 Å². The Kier molecular flexibility index (Phi) is 5.12. The number of carbonyl (C=O) groups is 1. The second kappa shape index (κ2) is 6.85. The smallest absolute Gasteiger partial charge is 0.239 e. The summed E-state index contributed by atoms with van der Waals surface area (Å²) in [6.07, 6.45) is 1.97. The molecule has 1 amide bonds. The van der Waals surface area contributed by atoms with Crippen LogP contribution in [0, 0.1) is 11.6 Å². The predicted octanol–water partition coefficient (Wildman–Crippen LogP) is 1.79. The van der Waals surface area contributed by atoms with Crippen LogP contribution in [-0.2, 0) is 11.3 Å². The summed E-state index contributed by atoms with van der Waals surface area (Å²) in [6.45, 7) is 3.01. The normalized spacial score (nSPS) is 14.1. The van der Waals surface area contributed by atoms with Gasteiger partial charge in [0, 0.05) is 19.6 Å². The maximum Gasteiger partial charge on any atom is 0.239 e. The summed E-state index contributed by atoms with van der Waals surface area (Å²) in [7, 11) is 1.51. The fraction of sp³-hybridized carbons (Fsp3) is 0.533. The van der Waals surface area contributed by atoms with Crippen molar-refractivity contribution in [1.82, 2.24) is 10.6 Å². The van der Waals surface area contributed by atoms with Crippen molar-refractivity contribution in [3.63, 3.8) is 0 Å². The van der Waals surface area contributed by atoms with Crippen molar-refractivity contribution in [2.45, 2.75) is 32.4 Å². The van der Waals surface area contributed by atoms with Gasteiger partial charge in [-0.25, -0.2) is 8.78 Å². The van der Waals surface area contributed by atoms with E-state index in [-0.39, 0.29) is 24.2 Å². The third-order valence-corrected chi connectivity index (χ3v) is 3.36. The highest BCUT2D eigenvalue weighted by Gasteiger charge is 2.24. The van der Waals surface area contributed by atoms with Gasteiger partial charge in [-0.15, -0.1) is 0 Å². The van der Waals surface area contributed by atoms with Crippen LogP contribution in [0.2, 0.25) is 0 Å². The molecule has 0 atom stereocenters. The van der Waals surface area contributed by atoms with Crippen LogP contribution in [0.25, 0.3) is 0 Å². The largest absolute Gasteiger partial charge is 0.361 e. The maximum atomic E-state index is 14.1. The maximum absolute atomic E-state index is 14.1. The summed E-state index contributed by atoms with van der Waals surface area (Å²) < 4.78 is 28.1. The van der Waals surface area contributed by atoms with Gasteiger partial charge in [0.15, 0.2) is 0 Å². The molecule has 0 aliphatic heterocycles. The second-order valence-electron chi connectivity index (χ2n) is 5.39. The number of carbonyl (C=O) groups excluding carboxylic acids is 1. The number of likely N-dealkylation sites (N-methyl/N-ethyl adjacent to an activating group) is 1. The van der Waals surface area contributed by atoms with Crippen molar-refractivity contribution in [1.29, 1.82) is 0 Å². The van der Waals surface area contributed by atoms with E-state index in [1.807, 2.05) is 6.92 Å². The Bertz CT molecular complexity index is 495. The average Bonchev–Trinajstić information content (AvgIpc) is 3.19. The number of hydrogen-bond donors (Lipinski definition) is 2. The zero-order valence-electron chi connectivity index (χ0n) is 12.4. The molecule has 2 N–H and O–H groups in total. The molecule has 0 spiro atoms. The Morgan fingerprint density at radius 1 is 1.33 bits per heavy atom. The predicted molar refractivity (Wildman–Crippen MR) is 78.2 cm³/mol. The highest BCUT2D eigenvalue weighted by Crippen LogP contribution is 2.24. The Labute approximate surface area is 123 Å². The van der Waals surface area contributed by atoms with Crippen LogP contribution < -0.4 is 15.5 Å². The van der Waals surface area contributed by atoms with Gasteiger partial charge in [-0.3, -0.25) is 4.79 Å². The molecule has 0 radical (unpaired) electrons. The van der Waals surface area contributed by atoms with E-state index in [1.54, 1.807) is 0 Å². The first-order valence-corrected chi connectivity index (χ1v) is 7.20. The van der Waals surface area contributed by atoms with E-state index in [2.05, 4.69) is 10.6 Å². The number of nitrogens with zero attached hydrogens (tertiary/aromatic N) is 1. The van der Waals surface area contributed by atoms with Gasteiger partial charge in [0.05, 0.1) is 6.54 Å². The molecule has 4 nitrogen and oxygen atoms in total. The lowest BCUT2D eigenvalue weighted by Gasteiger charge is -2.20. The first-order valence-electron chi connectivity index (χ1n) is 7.20. The second-order valence-corrected chi connectivity index (χ2v) is 5.39. The van der Waals surface area contributed by atoms with E-state index in [4.69, 9.17) is 0 Å². The van der Waals surface area contributed by atoms with Crippen LogP contribution in [0.1, 0.15) is 25.3 Å². The Morgan fingerprint density at radius 3 is 2.48 bits per heavy atom. The Morgan fingerprint density at radius 2 is 1.95 bits per heavy atom. The standard InChI is InChI=1S/C15H21F2N3O/c1-3-18-8-10-6-12(16)15(13(17)7-10)20(2)9-14(21)19-11-4-5-11/h6-7,11,18H,3-5,8-9H2,1-2H3,(H,19,21). The van der Waals surface area contributed by atoms with Crippen molar-refractivity contribution in [3.8, 4) is 0 Å². The van der Waals surface area contributed by atoms with Gasteiger partial charge in [-0.05, 0) is 37.1 Å². The molecule has 1 aromatic rings. The van der Waals surface area contributed by atoms with E-state index in [1.165, 1.54) is 24.1 Å². The fourth-order valence-corrected chi connectivity index (χ4v) is 2.15. The summed E-state index contributed by atoms with van der Waals surface area (Å²) in [6, 6.07) is 2.84. The first-order chi connectivity index (χ1) is 10.0. The Hall–Kier alpha value is -1.69. The topological polar surface area (TPSA) is 44.4 Å². The zero-order valence-corrected chi connectivity index (χ0v) is 12.4. The van der Waals surface area contributed by atoms with Crippen LogP contribution in [-0.4, -0.2) is 32.1 Å². The Balaban J connectivity index is 2.04. The lowest BCUT2D eigenvalue weighted by Crippen LogP contribution is -2.37. The van der Waals surface area contributed by atoms with Crippen molar-refractivity contribution in [2.75, 3.05) is 25.0 Å². The molecule has 1 aliphatic carbocycles. The number of anilines is 1. The molecule has 0 heterocycles. The minimum Gasteiger partial charge on any atom is -0.361 e. The number of hydrogen-bond acceptors (Lipinski definition) is 3. The minimum absolute atomic E-state index is 0.0586. The van der Waals surface area contributed by atoms with Crippen LogP contribution in [0.5, 0.6) is 0 Å². The molecule has 2 rings (SSSR count). The van der Waals surface area contributed by atoms with Gasteiger partial charge in [0.2, 0.25) is 5.91 Å². The SMILES string of the molecule is CCNCc1cc(F)c(N(C)CC(=O)NC2CC2)c(F)c1. The van der Waals surface area contributed by atoms with Crippen molar-refractivity contribution in [2.24, 2.45) is 0 Å². The number of rotatable bonds is 7. The minimum atomic E-state index is -0.648. The highest BCUT2D eigenvalue weighted by molar-refractivity contribution is 5.81. The van der Waals surface area contributed by atoms with E-state index in [9.17, 15) is 13.6 Å². The van der Waals surface area contributed by atoms with Gasteiger partial charge >= 0.3 is 0 Å². The summed E-state index contributed by atoms with van der Waals surface area (Å²) in [5.74, 6) is -1.51. The molecular weight excluding hydrogens is 276 g/mol. The molecule has 116 valence electrons. The third kappa shape index (κ3) is 4.39. The van der Waals surface area contributed by atoms with Crippen molar-refractivity contribution >= 4 is 11.6 Å². The zero-order chi connectivity index (χ0) is 15.4. The molecule has 1 aromatic carbocycles. The summed E-state index contributed by atoms with van der Waals surface area (Å²) >= 11 is 0. The lowest BCUT2D eigenvalue weighted by atomic mass is 10.1. The van der Waals surface area contributed by atoms with E-state index in [0.717, 1.165) is 19.4 Å². The molecule has 21 heavy (non-hydrogen) atoms. The van der Waals surface area contributed by atoms with Gasteiger partial charge in [-0.1, -0.05) is 6.92 Å². The molecule has 0 saturated heterocycles. The van der Waals surface area contributed by atoms with Crippen LogP contribution in [0.4, 0.5) is 14.5 Å². The number of benzene rings is 1. The molecule has 1 saturated carbocycles. The van der Waals surface area contributed by atoms with Crippen molar-refractivity contribution in [3.05, 3.63) is 29.3 Å². The summed E-state index contributed by atoms with van der Waals surface area (Å²) in [5, 5.41) is 5.81. The number of amides is 1. The van der Waals surface area contributed by atoms with Gasteiger partial charge in [0.25, 0.3) is 0 Å². The molecule has 0 aromatic heterocycles. The monoisotopic (exact) mass is 297 g/mol. The van der Waals surface area contributed by atoms with Gasteiger partial charge in [-0.2, -0.15) is 0 Å². The summed E-state index contributed by atoms with van der Waals surface area (Å²) in [5.41, 5.74) is 0.382. The number of halogens is 2. The number of nitrogens with one attached hydrogen (secondary N) is 2. The van der Waals surface area contributed by atoms with Gasteiger partial charge in [0.1, 0.15) is 17.3 Å². The molecule has 1 aliphatic rings. The quantitative estimate of drug-likeness (QED) is 0.806. The average molecular weight is 297 g/mol. The molecule has 6 heteroatoms. The van der Waals surface area contributed by atoms with Crippen LogP contribution in [0.3, 0.4) is 0 Å². The van der Waals surface area contributed by atoms with Gasteiger partial charge < -0.3 is 15.5 Å². The molecule has 0 unspecified atom stereocenters. The highest BCUT2D eigenvalue weighted by atomic mass is 19.1. The van der Waals surface area contributed by atoms with Crippen LogP contribution in [0.15, 0.2) is 12.1 Å². The van der Waals surface area contributed by atoms with E-state index in [0.29, 0.717) is 12.1 Å². The van der Waals surface area contributed by atoms with Crippen LogP contribution >= 0.6 is 0 Å². The molecule has 0 bridgehead atoms. The fourth-order valence-electron chi connectivity index (χ4n) is 2.15. The molecule has 1 fully saturated rings. The van der Waals surface area contributed by atoms with E-state index < -0.39 is 11.6 Å². The summed E-state index contributed by atoms with van der Waals surface area (Å²) in [4.78, 5) is 13.0. The third-order valence-electron chi connectivity index (χ3n) is 3.36.